The van der Waals surface area contributed by atoms with E-state index in [0.29, 0.717) is 13.3 Å². The molecule has 1 rings (SSSR count). The molecule has 0 amide bonds. The van der Waals surface area contributed by atoms with E-state index < -0.39 is 5.97 Å². The van der Waals surface area contributed by atoms with E-state index in [4.69, 9.17) is 9.84 Å². The summed E-state index contributed by atoms with van der Waals surface area (Å²) >= 11 is 0. The Labute approximate surface area is 59.4 Å². The van der Waals surface area contributed by atoms with Crippen LogP contribution in [0.15, 0.2) is 0 Å². The third-order valence-corrected chi connectivity index (χ3v) is 1.60. The fourth-order valence-electron chi connectivity index (χ4n) is 0.986. The molecule has 1 heterocycles. The van der Waals surface area contributed by atoms with Gasteiger partial charge in [0.1, 0.15) is 13.2 Å². The van der Waals surface area contributed by atoms with Crippen molar-refractivity contribution in [3.8, 4) is 0 Å². The van der Waals surface area contributed by atoms with Crippen molar-refractivity contribution >= 4 is 5.97 Å². The van der Waals surface area contributed by atoms with E-state index >= 15 is 0 Å². The van der Waals surface area contributed by atoms with E-state index in [0.717, 1.165) is 13.2 Å². The lowest BCUT2D eigenvalue weighted by Gasteiger charge is -2.06. The Morgan fingerprint density at radius 3 is 3.00 bits per heavy atom. The lowest BCUT2D eigenvalue weighted by molar-refractivity contribution is -0.896. The molecule has 0 aromatic carbocycles. The molecule has 0 spiro atoms. The van der Waals surface area contributed by atoms with Gasteiger partial charge in [-0.15, -0.1) is 0 Å². The van der Waals surface area contributed by atoms with Crippen molar-refractivity contribution < 1.29 is 19.5 Å². The summed E-state index contributed by atoms with van der Waals surface area (Å²) in [6.45, 7) is 3.09. The molecule has 0 saturated carbocycles. The van der Waals surface area contributed by atoms with Crippen LogP contribution >= 0.6 is 0 Å². The zero-order chi connectivity index (χ0) is 7.40. The van der Waals surface area contributed by atoms with E-state index in [1.54, 1.807) is 0 Å². The molecule has 10 heavy (non-hydrogen) atoms. The lowest BCUT2D eigenvalue weighted by Crippen LogP contribution is -3.10. The average molecular weight is 146 g/mol. The zero-order valence-electron chi connectivity index (χ0n) is 5.80. The second kappa shape index (κ2) is 3.53. The molecule has 0 aromatic heterocycles. The van der Waals surface area contributed by atoms with Crippen LogP contribution in [0.25, 0.3) is 0 Å². The molecule has 2 N–H and O–H groups in total. The van der Waals surface area contributed by atoms with Crippen LogP contribution < -0.4 is 4.90 Å². The molecular weight excluding hydrogens is 134 g/mol. The smallest absolute Gasteiger partial charge is 0.309 e. The summed E-state index contributed by atoms with van der Waals surface area (Å²) < 4.78 is 5.06. The van der Waals surface area contributed by atoms with E-state index in [1.807, 2.05) is 0 Å². The number of carboxylic acid groups (broad SMARTS) is 1. The minimum absolute atomic E-state index is 0.249. The average Bonchev–Trinajstić information content (AvgIpc) is 2.34. The van der Waals surface area contributed by atoms with E-state index in [1.165, 1.54) is 4.90 Å². The number of quaternary nitrogens is 1. The first-order valence-corrected chi connectivity index (χ1v) is 3.42. The third kappa shape index (κ3) is 2.33. The van der Waals surface area contributed by atoms with Crippen molar-refractivity contribution in [2.24, 2.45) is 0 Å². The number of ether oxygens (including phenoxy) is 1. The molecule has 1 fully saturated rings. The van der Waals surface area contributed by atoms with E-state index in [2.05, 4.69) is 0 Å². The SMILES string of the molecule is O=C(O)CC[NH+]1CCOC1. The van der Waals surface area contributed by atoms with Gasteiger partial charge in [-0.25, -0.2) is 0 Å². The summed E-state index contributed by atoms with van der Waals surface area (Å²) in [4.78, 5) is 11.3. The maximum Gasteiger partial charge on any atom is 0.309 e. The van der Waals surface area contributed by atoms with Gasteiger partial charge in [-0.2, -0.15) is 0 Å². The highest BCUT2D eigenvalue weighted by Crippen LogP contribution is 1.76. The summed E-state index contributed by atoms with van der Waals surface area (Å²) in [7, 11) is 0. The number of hydrogen-bond acceptors (Lipinski definition) is 2. The second-order valence-corrected chi connectivity index (χ2v) is 2.45. The highest BCUT2D eigenvalue weighted by atomic mass is 16.5. The van der Waals surface area contributed by atoms with Gasteiger partial charge in [0.15, 0.2) is 6.73 Å². The number of carbonyl (C=O) groups is 1. The highest BCUT2D eigenvalue weighted by molar-refractivity contribution is 5.66. The first-order valence-electron chi connectivity index (χ1n) is 3.42. The summed E-state index contributed by atoms with van der Waals surface area (Å²) in [5, 5.41) is 8.32. The summed E-state index contributed by atoms with van der Waals surface area (Å²) in [5.41, 5.74) is 0. The summed E-state index contributed by atoms with van der Waals surface area (Å²) in [6, 6.07) is 0. The molecule has 1 unspecified atom stereocenters. The number of carboxylic acids is 1. The Balaban J connectivity index is 2.07. The number of hydrogen-bond donors (Lipinski definition) is 2. The summed E-state index contributed by atoms with van der Waals surface area (Å²) in [5.74, 6) is -0.723. The molecule has 1 atom stereocenters. The second-order valence-electron chi connectivity index (χ2n) is 2.45. The van der Waals surface area contributed by atoms with Crippen LogP contribution in [-0.4, -0.2) is 37.5 Å². The molecule has 1 saturated heterocycles. The number of nitrogens with one attached hydrogen (secondary N) is 1. The van der Waals surface area contributed by atoms with Crippen LogP contribution in [-0.2, 0) is 9.53 Å². The molecule has 1 aliphatic rings. The van der Waals surface area contributed by atoms with Crippen molar-refractivity contribution in [3.05, 3.63) is 0 Å². The maximum absolute atomic E-state index is 10.1. The van der Waals surface area contributed by atoms with Gasteiger partial charge >= 0.3 is 5.97 Å². The Morgan fingerprint density at radius 1 is 1.70 bits per heavy atom. The highest BCUT2D eigenvalue weighted by Gasteiger charge is 2.15. The van der Waals surface area contributed by atoms with Gasteiger partial charge in [0.25, 0.3) is 0 Å². The number of rotatable bonds is 3. The fourth-order valence-corrected chi connectivity index (χ4v) is 0.986. The van der Waals surface area contributed by atoms with Gasteiger partial charge in [0.2, 0.25) is 0 Å². The summed E-state index contributed by atoms with van der Waals surface area (Å²) in [6.07, 6.45) is 0.249. The quantitative estimate of drug-likeness (QED) is 0.500. The van der Waals surface area contributed by atoms with Gasteiger partial charge in [-0.3, -0.25) is 4.79 Å². The van der Waals surface area contributed by atoms with Gasteiger partial charge < -0.3 is 14.7 Å². The molecule has 0 radical (unpaired) electrons. The predicted octanol–water partition coefficient (Wildman–Crippen LogP) is -1.67. The molecule has 58 valence electrons. The van der Waals surface area contributed by atoms with E-state index in [-0.39, 0.29) is 6.42 Å². The molecule has 1 aliphatic heterocycles. The van der Waals surface area contributed by atoms with Crippen LogP contribution in [0, 0.1) is 0 Å². The van der Waals surface area contributed by atoms with Crippen molar-refractivity contribution in [3.63, 3.8) is 0 Å². The number of aliphatic carboxylic acids is 1. The van der Waals surface area contributed by atoms with Crippen molar-refractivity contribution in [1.29, 1.82) is 0 Å². The largest absolute Gasteiger partial charge is 0.481 e. The standard InChI is InChI=1S/C6H11NO3/c8-6(9)1-2-7-3-4-10-5-7/h1-5H2,(H,8,9)/p+1. The topological polar surface area (TPSA) is 51.0 Å². The minimum atomic E-state index is -0.723. The van der Waals surface area contributed by atoms with Crippen LogP contribution in [0.1, 0.15) is 6.42 Å². The first-order chi connectivity index (χ1) is 4.79. The predicted molar refractivity (Wildman–Crippen MR) is 33.8 cm³/mol. The van der Waals surface area contributed by atoms with Gasteiger partial charge in [-0.1, -0.05) is 0 Å². The van der Waals surface area contributed by atoms with Crippen LogP contribution in [0.5, 0.6) is 0 Å². The van der Waals surface area contributed by atoms with Gasteiger partial charge in [-0.05, 0) is 0 Å². The fraction of sp³-hybridized carbons (Fsp3) is 0.833. The molecule has 0 bridgehead atoms. The maximum atomic E-state index is 10.1. The molecule has 4 heteroatoms. The normalized spacial score (nSPS) is 25.0. The molecule has 0 aromatic rings. The van der Waals surface area contributed by atoms with Gasteiger partial charge in [0, 0.05) is 0 Å². The van der Waals surface area contributed by atoms with Crippen molar-refractivity contribution in [2.45, 2.75) is 6.42 Å². The van der Waals surface area contributed by atoms with Crippen LogP contribution in [0.2, 0.25) is 0 Å². The Hall–Kier alpha value is -0.610. The van der Waals surface area contributed by atoms with E-state index in [9.17, 15) is 4.79 Å². The molecule has 4 nitrogen and oxygen atoms in total. The molecule has 0 aliphatic carbocycles. The minimum Gasteiger partial charge on any atom is -0.481 e. The third-order valence-electron chi connectivity index (χ3n) is 1.60. The first kappa shape index (κ1) is 7.50. The van der Waals surface area contributed by atoms with Crippen LogP contribution in [0.4, 0.5) is 0 Å². The Kier molecular flexibility index (Phi) is 2.65. The Bertz CT molecular complexity index is 120. The monoisotopic (exact) mass is 146 g/mol. The van der Waals surface area contributed by atoms with Crippen molar-refractivity contribution in [1.82, 2.24) is 0 Å². The van der Waals surface area contributed by atoms with Crippen LogP contribution in [0.3, 0.4) is 0 Å². The van der Waals surface area contributed by atoms with Crippen molar-refractivity contribution in [2.75, 3.05) is 26.4 Å². The zero-order valence-corrected chi connectivity index (χ0v) is 5.80. The van der Waals surface area contributed by atoms with Gasteiger partial charge in [0.05, 0.1) is 13.0 Å². The lowest BCUT2D eigenvalue weighted by atomic mass is 10.4. The Morgan fingerprint density at radius 2 is 2.50 bits per heavy atom. The molecular formula is C6H12NO3+.